The third-order valence-electron chi connectivity index (χ3n) is 1.98. The average molecular weight is 229 g/mol. The summed E-state index contributed by atoms with van der Waals surface area (Å²) < 4.78 is 1.64. The molecule has 0 bridgehead atoms. The third-order valence-corrected chi connectivity index (χ3v) is 2.86. The van der Waals surface area contributed by atoms with Crippen molar-refractivity contribution in [1.29, 1.82) is 0 Å². The van der Waals surface area contributed by atoms with Gasteiger partial charge in [-0.3, -0.25) is 0 Å². The SMILES string of the molecule is c1ccc(Sc2ccc3nncn3n2)nc1. The van der Waals surface area contributed by atoms with Crippen molar-refractivity contribution in [2.24, 2.45) is 0 Å². The van der Waals surface area contributed by atoms with Crippen molar-refractivity contribution in [3.05, 3.63) is 42.9 Å². The van der Waals surface area contributed by atoms with Crippen molar-refractivity contribution in [2.45, 2.75) is 10.1 Å². The fraction of sp³-hybridized carbons (Fsp3) is 0. The summed E-state index contributed by atoms with van der Waals surface area (Å²) in [5, 5.41) is 13.8. The van der Waals surface area contributed by atoms with Crippen LogP contribution < -0.4 is 0 Å². The van der Waals surface area contributed by atoms with Crippen LogP contribution in [0.3, 0.4) is 0 Å². The molecule has 3 rings (SSSR count). The van der Waals surface area contributed by atoms with E-state index < -0.39 is 0 Å². The zero-order valence-corrected chi connectivity index (χ0v) is 9.00. The molecular formula is C10H7N5S. The van der Waals surface area contributed by atoms with Gasteiger partial charge in [-0.25, -0.2) is 4.98 Å². The van der Waals surface area contributed by atoms with Crippen LogP contribution in [0.25, 0.3) is 5.65 Å². The lowest BCUT2D eigenvalue weighted by molar-refractivity contribution is 0.851. The minimum atomic E-state index is 0.741. The average Bonchev–Trinajstić information content (AvgIpc) is 2.77. The normalized spacial score (nSPS) is 10.8. The second-order valence-corrected chi connectivity index (χ2v) is 4.12. The van der Waals surface area contributed by atoms with Gasteiger partial charge in [0, 0.05) is 6.20 Å². The summed E-state index contributed by atoms with van der Waals surface area (Å²) in [6, 6.07) is 9.57. The lowest BCUT2D eigenvalue weighted by atomic mass is 10.5. The molecule has 0 aromatic carbocycles. The summed E-state index contributed by atoms with van der Waals surface area (Å²) in [6.07, 6.45) is 3.34. The lowest BCUT2D eigenvalue weighted by Crippen LogP contribution is -1.91. The Morgan fingerprint density at radius 2 is 2.06 bits per heavy atom. The second kappa shape index (κ2) is 3.90. The van der Waals surface area contributed by atoms with Gasteiger partial charge in [-0.15, -0.1) is 10.2 Å². The first-order valence-electron chi connectivity index (χ1n) is 4.68. The van der Waals surface area contributed by atoms with Crippen LogP contribution in [-0.4, -0.2) is 24.8 Å². The molecule has 0 aliphatic heterocycles. The summed E-state index contributed by atoms with van der Waals surface area (Å²) in [6.45, 7) is 0. The Hall–Kier alpha value is -1.95. The largest absolute Gasteiger partial charge is 0.250 e. The van der Waals surface area contributed by atoms with E-state index in [2.05, 4.69) is 20.3 Å². The van der Waals surface area contributed by atoms with Gasteiger partial charge in [-0.2, -0.15) is 9.61 Å². The van der Waals surface area contributed by atoms with Gasteiger partial charge in [-0.05, 0) is 36.0 Å². The first-order valence-corrected chi connectivity index (χ1v) is 5.49. The maximum Gasteiger partial charge on any atom is 0.177 e. The minimum Gasteiger partial charge on any atom is -0.250 e. The molecule has 0 N–H and O–H groups in total. The Morgan fingerprint density at radius 3 is 2.94 bits per heavy atom. The van der Waals surface area contributed by atoms with Gasteiger partial charge in [0.05, 0.1) is 0 Å². The van der Waals surface area contributed by atoms with Crippen molar-refractivity contribution < 1.29 is 0 Å². The summed E-state index contributed by atoms with van der Waals surface area (Å²) in [5.41, 5.74) is 0.741. The van der Waals surface area contributed by atoms with Gasteiger partial charge >= 0.3 is 0 Å². The van der Waals surface area contributed by atoms with E-state index in [1.165, 1.54) is 11.8 Å². The van der Waals surface area contributed by atoms with Gasteiger partial charge in [0.15, 0.2) is 5.65 Å². The van der Waals surface area contributed by atoms with Crippen LogP contribution in [0.4, 0.5) is 0 Å². The van der Waals surface area contributed by atoms with Crippen molar-refractivity contribution in [3.8, 4) is 0 Å². The van der Waals surface area contributed by atoms with E-state index in [0.29, 0.717) is 0 Å². The number of fused-ring (bicyclic) bond motifs is 1. The van der Waals surface area contributed by atoms with E-state index in [0.717, 1.165) is 15.7 Å². The molecule has 3 aromatic heterocycles. The minimum absolute atomic E-state index is 0.741. The molecule has 5 nitrogen and oxygen atoms in total. The van der Waals surface area contributed by atoms with Crippen LogP contribution in [0.1, 0.15) is 0 Å². The number of hydrogen-bond donors (Lipinski definition) is 0. The topological polar surface area (TPSA) is 56.0 Å². The predicted molar refractivity (Wildman–Crippen MR) is 59.1 cm³/mol. The zero-order chi connectivity index (χ0) is 10.8. The Morgan fingerprint density at radius 1 is 1.06 bits per heavy atom. The van der Waals surface area contributed by atoms with Gasteiger partial charge in [0.1, 0.15) is 16.4 Å². The van der Waals surface area contributed by atoms with Crippen molar-refractivity contribution in [2.75, 3.05) is 0 Å². The number of pyridine rings is 1. The van der Waals surface area contributed by atoms with Gasteiger partial charge in [-0.1, -0.05) is 6.07 Å². The Kier molecular flexibility index (Phi) is 2.26. The summed E-state index contributed by atoms with van der Waals surface area (Å²) >= 11 is 1.51. The number of hydrogen-bond acceptors (Lipinski definition) is 5. The van der Waals surface area contributed by atoms with Crippen LogP contribution >= 0.6 is 11.8 Å². The van der Waals surface area contributed by atoms with E-state index in [9.17, 15) is 0 Å². The number of rotatable bonds is 2. The molecule has 0 spiro atoms. The molecule has 0 aliphatic carbocycles. The van der Waals surface area contributed by atoms with Crippen LogP contribution in [0.15, 0.2) is 52.9 Å². The molecule has 3 heterocycles. The fourth-order valence-electron chi connectivity index (χ4n) is 1.28. The van der Waals surface area contributed by atoms with Crippen LogP contribution in [0.5, 0.6) is 0 Å². The molecule has 0 atom stereocenters. The smallest absolute Gasteiger partial charge is 0.177 e. The molecule has 16 heavy (non-hydrogen) atoms. The van der Waals surface area contributed by atoms with Gasteiger partial charge in [0.25, 0.3) is 0 Å². The quantitative estimate of drug-likeness (QED) is 0.669. The molecule has 0 fully saturated rings. The van der Waals surface area contributed by atoms with Gasteiger partial charge in [0.2, 0.25) is 0 Å². The molecule has 0 radical (unpaired) electrons. The molecule has 0 saturated carbocycles. The van der Waals surface area contributed by atoms with E-state index in [4.69, 9.17) is 0 Å². The number of nitrogens with zero attached hydrogens (tertiary/aromatic N) is 5. The van der Waals surface area contributed by atoms with Crippen LogP contribution in [0, 0.1) is 0 Å². The third kappa shape index (κ3) is 1.74. The second-order valence-electron chi connectivity index (χ2n) is 3.08. The molecule has 78 valence electrons. The standard InChI is InChI=1S/C10H7N5S/c1-2-6-11-9(3-1)16-10-5-4-8-13-12-7-15(8)14-10/h1-7H. The molecule has 0 amide bonds. The number of aromatic nitrogens is 5. The summed E-state index contributed by atoms with van der Waals surface area (Å²) in [4.78, 5) is 4.22. The monoisotopic (exact) mass is 229 g/mol. The Labute approximate surface area is 95.5 Å². The van der Waals surface area contributed by atoms with E-state index in [1.54, 1.807) is 17.0 Å². The summed E-state index contributed by atoms with van der Waals surface area (Å²) in [7, 11) is 0. The van der Waals surface area contributed by atoms with E-state index in [1.807, 2.05) is 30.3 Å². The maximum atomic E-state index is 4.35. The van der Waals surface area contributed by atoms with E-state index in [-0.39, 0.29) is 0 Å². The Balaban J connectivity index is 1.94. The van der Waals surface area contributed by atoms with Crippen molar-refractivity contribution >= 4 is 17.4 Å². The van der Waals surface area contributed by atoms with E-state index >= 15 is 0 Å². The highest BCUT2D eigenvalue weighted by Crippen LogP contribution is 2.23. The van der Waals surface area contributed by atoms with Crippen LogP contribution in [-0.2, 0) is 0 Å². The first kappa shape index (κ1) is 9.29. The fourth-order valence-corrected chi connectivity index (χ4v) is 2.02. The van der Waals surface area contributed by atoms with Crippen molar-refractivity contribution in [3.63, 3.8) is 0 Å². The highest BCUT2D eigenvalue weighted by molar-refractivity contribution is 7.99. The molecule has 0 unspecified atom stereocenters. The molecule has 6 heteroatoms. The molecule has 0 aliphatic rings. The predicted octanol–water partition coefficient (Wildman–Crippen LogP) is 1.67. The zero-order valence-electron chi connectivity index (χ0n) is 8.19. The summed E-state index contributed by atoms with van der Waals surface area (Å²) in [5.74, 6) is 0. The first-order chi connectivity index (χ1) is 7.92. The molecule has 0 saturated heterocycles. The molecule has 3 aromatic rings. The molecular weight excluding hydrogens is 222 g/mol. The van der Waals surface area contributed by atoms with Gasteiger partial charge < -0.3 is 0 Å². The lowest BCUT2D eigenvalue weighted by Gasteiger charge is -1.99. The Bertz CT molecular complexity index is 607. The van der Waals surface area contributed by atoms with Crippen LogP contribution in [0.2, 0.25) is 0 Å². The van der Waals surface area contributed by atoms with Crippen molar-refractivity contribution in [1.82, 2.24) is 24.8 Å². The highest BCUT2D eigenvalue weighted by atomic mass is 32.2. The highest BCUT2D eigenvalue weighted by Gasteiger charge is 2.02. The maximum absolute atomic E-state index is 4.35.